The van der Waals surface area contributed by atoms with E-state index in [1.165, 1.54) is 36.1 Å². The van der Waals surface area contributed by atoms with Crippen LogP contribution in [0.15, 0.2) is 29.2 Å². The van der Waals surface area contributed by atoms with E-state index in [-0.39, 0.29) is 11.6 Å². The van der Waals surface area contributed by atoms with Crippen molar-refractivity contribution in [3.8, 4) is 0 Å². The summed E-state index contributed by atoms with van der Waals surface area (Å²) in [7, 11) is 0. The number of rotatable bonds is 4. The van der Waals surface area contributed by atoms with Crippen LogP contribution >= 0.6 is 11.8 Å². The maximum absolute atomic E-state index is 6.15. The Morgan fingerprint density at radius 2 is 2.00 bits per heavy atom. The minimum Gasteiger partial charge on any atom is -0.375 e. The van der Waals surface area contributed by atoms with Crippen molar-refractivity contribution in [1.29, 1.82) is 0 Å². The lowest BCUT2D eigenvalue weighted by atomic mass is 9.79. The molecule has 1 aliphatic carbocycles. The molecule has 3 N–H and O–H groups in total. The fourth-order valence-electron chi connectivity index (χ4n) is 4.03. The van der Waals surface area contributed by atoms with Gasteiger partial charge in [-0.25, -0.2) is 0 Å². The minimum atomic E-state index is 0.150. The number of thioether (sulfide) groups is 1. The Bertz CT molecular complexity index is 456. The van der Waals surface area contributed by atoms with Gasteiger partial charge < -0.3 is 4.74 Å². The highest BCUT2D eigenvalue weighted by molar-refractivity contribution is 7.98. The quantitative estimate of drug-likeness (QED) is 0.506. The molecule has 21 heavy (non-hydrogen) atoms. The fourth-order valence-corrected chi connectivity index (χ4v) is 4.44. The molecule has 1 heterocycles. The van der Waals surface area contributed by atoms with Crippen LogP contribution in [0.25, 0.3) is 0 Å². The summed E-state index contributed by atoms with van der Waals surface area (Å²) in [5.41, 5.74) is 4.52. The second kappa shape index (κ2) is 6.69. The van der Waals surface area contributed by atoms with Crippen LogP contribution in [0.1, 0.15) is 50.1 Å². The van der Waals surface area contributed by atoms with Crippen LogP contribution in [0.5, 0.6) is 0 Å². The first-order valence-corrected chi connectivity index (χ1v) is 9.23. The Morgan fingerprint density at radius 1 is 1.29 bits per heavy atom. The van der Waals surface area contributed by atoms with E-state index in [4.69, 9.17) is 10.6 Å². The molecule has 0 amide bonds. The maximum atomic E-state index is 6.15. The van der Waals surface area contributed by atoms with Gasteiger partial charge in [0.1, 0.15) is 0 Å². The summed E-state index contributed by atoms with van der Waals surface area (Å²) < 4.78 is 6.15. The summed E-state index contributed by atoms with van der Waals surface area (Å²) in [5, 5.41) is 0. The predicted octanol–water partition coefficient (Wildman–Crippen LogP) is 3.65. The van der Waals surface area contributed by atoms with E-state index in [0.29, 0.717) is 5.92 Å². The second-order valence-corrected chi connectivity index (χ2v) is 7.29. The minimum absolute atomic E-state index is 0.150. The number of hydrogen-bond donors (Lipinski definition) is 2. The molecular weight excluding hydrogens is 280 g/mol. The Balaban J connectivity index is 1.75. The molecule has 1 aromatic rings. The zero-order valence-electron chi connectivity index (χ0n) is 12.8. The number of benzene rings is 1. The summed E-state index contributed by atoms with van der Waals surface area (Å²) in [6.45, 7) is 0.881. The Morgan fingerprint density at radius 3 is 2.62 bits per heavy atom. The molecule has 2 unspecified atom stereocenters. The molecule has 1 spiro atoms. The lowest BCUT2D eigenvalue weighted by molar-refractivity contribution is -0.0982. The summed E-state index contributed by atoms with van der Waals surface area (Å²) in [6, 6.07) is 9.05. The largest absolute Gasteiger partial charge is 0.375 e. The third-order valence-electron chi connectivity index (χ3n) is 5.17. The summed E-state index contributed by atoms with van der Waals surface area (Å²) in [5.74, 6) is 6.47. The topological polar surface area (TPSA) is 47.3 Å². The van der Waals surface area contributed by atoms with E-state index in [0.717, 1.165) is 19.4 Å². The van der Waals surface area contributed by atoms with Crippen molar-refractivity contribution in [1.82, 2.24) is 5.43 Å². The van der Waals surface area contributed by atoms with Crippen LogP contribution in [0.2, 0.25) is 0 Å². The summed E-state index contributed by atoms with van der Waals surface area (Å²) >= 11 is 1.78. The molecule has 1 saturated heterocycles. The van der Waals surface area contributed by atoms with Crippen LogP contribution in [-0.4, -0.2) is 18.5 Å². The number of nitrogens with two attached hydrogens (primary N) is 1. The fraction of sp³-hybridized carbons (Fsp3) is 0.647. The maximum Gasteiger partial charge on any atom is 0.0686 e. The van der Waals surface area contributed by atoms with Gasteiger partial charge in [0.15, 0.2) is 0 Å². The Labute approximate surface area is 132 Å². The van der Waals surface area contributed by atoms with Gasteiger partial charge in [-0.1, -0.05) is 25.0 Å². The highest BCUT2D eigenvalue weighted by Crippen LogP contribution is 2.45. The first kappa shape index (κ1) is 15.3. The molecule has 1 aromatic carbocycles. The van der Waals surface area contributed by atoms with Crippen molar-refractivity contribution in [2.75, 3.05) is 12.9 Å². The molecule has 1 aliphatic heterocycles. The van der Waals surface area contributed by atoms with Gasteiger partial charge in [-0.15, -0.1) is 11.8 Å². The first-order chi connectivity index (χ1) is 10.3. The van der Waals surface area contributed by atoms with Gasteiger partial charge in [-0.05, 0) is 55.6 Å². The average molecular weight is 306 g/mol. The van der Waals surface area contributed by atoms with Crippen LogP contribution in [0.4, 0.5) is 0 Å². The first-order valence-electron chi connectivity index (χ1n) is 8.00. The second-order valence-electron chi connectivity index (χ2n) is 6.41. The number of ether oxygens (including phenoxy) is 1. The van der Waals surface area contributed by atoms with Crippen molar-refractivity contribution in [2.45, 2.75) is 55.1 Å². The molecule has 0 bridgehead atoms. The molecule has 3 nitrogen and oxygen atoms in total. The molecular formula is C17H26N2OS. The van der Waals surface area contributed by atoms with E-state index < -0.39 is 0 Å². The SMILES string of the molecule is CSc1ccc(C(NN)C2CCOC3(CCCC3)C2)cc1. The lowest BCUT2D eigenvalue weighted by Crippen LogP contribution is -2.43. The third kappa shape index (κ3) is 3.29. The molecule has 116 valence electrons. The third-order valence-corrected chi connectivity index (χ3v) is 5.92. The van der Waals surface area contributed by atoms with E-state index in [2.05, 4.69) is 35.9 Å². The summed E-state index contributed by atoms with van der Waals surface area (Å²) in [6.07, 6.45) is 9.44. The molecule has 0 aromatic heterocycles. The van der Waals surface area contributed by atoms with Gasteiger partial charge >= 0.3 is 0 Å². The van der Waals surface area contributed by atoms with Crippen molar-refractivity contribution in [3.63, 3.8) is 0 Å². The number of hydrazine groups is 1. The van der Waals surface area contributed by atoms with Crippen molar-refractivity contribution in [2.24, 2.45) is 11.8 Å². The predicted molar refractivity (Wildman–Crippen MR) is 88.2 cm³/mol. The molecule has 2 atom stereocenters. The van der Waals surface area contributed by atoms with Crippen LogP contribution < -0.4 is 11.3 Å². The highest BCUT2D eigenvalue weighted by atomic mass is 32.2. The molecule has 2 aliphatic rings. The van der Waals surface area contributed by atoms with E-state index >= 15 is 0 Å². The van der Waals surface area contributed by atoms with Crippen molar-refractivity contribution >= 4 is 11.8 Å². The highest BCUT2D eigenvalue weighted by Gasteiger charge is 2.42. The lowest BCUT2D eigenvalue weighted by Gasteiger charge is -2.41. The number of nitrogens with one attached hydrogen (secondary N) is 1. The van der Waals surface area contributed by atoms with Crippen molar-refractivity contribution < 1.29 is 4.74 Å². The van der Waals surface area contributed by atoms with Gasteiger partial charge in [-0.2, -0.15) is 0 Å². The smallest absolute Gasteiger partial charge is 0.0686 e. The van der Waals surface area contributed by atoms with E-state index in [9.17, 15) is 0 Å². The standard InChI is InChI=1S/C17H26N2OS/c1-21-15-6-4-13(5-7-15)16(19-18)14-8-11-20-17(12-14)9-2-3-10-17/h4-7,14,16,19H,2-3,8-12,18H2,1H3. The monoisotopic (exact) mass is 306 g/mol. The normalized spacial score (nSPS) is 26.1. The van der Waals surface area contributed by atoms with E-state index in [1.807, 2.05) is 0 Å². The molecule has 0 radical (unpaired) electrons. The molecule has 3 rings (SSSR count). The van der Waals surface area contributed by atoms with Gasteiger partial charge in [-0.3, -0.25) is 11.3 Å². The van der Waals surface area contributed by atoms with Gasteiger partial charge in [0.05, 0.1) is 5.60 Å². The Kier molecular flexibility index (Phi) is 4.89. The van der Waals surface area contributed by atoms with Gasteiger partial charge in [0.2, 0.25) is 0 Å². The van der Waals surface area contributed by atoms with Crippen LogP contribution in [-0.2, 0) is 4.74 Å². The van der Waals surface area contributed by atoms with Crippen molar-refractivity contribution in [3.05, 3.63) is 29.8 Å². The van der Waals surface area contributed by atoms with Crippen LogP contribution in [0.3, 0.4) is 0 Å². The molecule has 1 saturated carbocycles. The van der Waals surface area contributed by atoms with Gasteiger partial charge in [0, 0.05) is 17.5 Å². The van der Waals surface area contributed by atoms with Gasteiger partial charge in [0.25, 0.3) is 0 Å². The average Bonchev–Trinajstić information content (AvgIpc) is 2.96. The Hall–Kier alpha value is -0.550. The molecule has 2 fully saturated rings. The zero-order valence-corrected chi connectivity index (χ0v) is 13.6. The zero-order chi connectivity index (χ0) is 14.7. The van der Waals surface area contributed by atoms with Crippen LogP contribution in [0, 0.1) is 5.92 Å². The van der Waals surface area contributed by atoms with E-state index in [1.54, 1.807) is 11.8 Å². The number of hydrogen-bond acceptors (Lipinski definition) is 4. The summed E-state index contributed by atoms with van der Waals surface area (Å²) in [4.78, 5) is 1.30. The molecule has 4 heteroatoms.